The molecule has 0 radical (unpaired) electrons. The van der Waals surface area contributed by atoms with Crippen molar-refractivity contribution in [2.75, 3.05) is 17.6 Å². The molecule has 2 nitrogen and oxygen atoms in total. The van der Waals surface area contributed by atoms with Crippen molar-refractivity contribution in [3.05, 3.63) is 28.8 Å². The molecule has 80 valence electrons. The molecule has 1 aliphatic heterocycles. The lowest BCUT2D eigenvalue weighted by atomic mass is 10.2. The average Bonchev–Trinajstić information content (AvgIpc) is 2.25. The molecule has 1 aliphatic rings. The summed E-state index contributed by atoms with van der Waals surface area (Å²) >= 11 is 7.72. The Labute approximate surface area is 99.1 Å². The summed E-state index contributed by atoms with van der Waals surface area (Å²) < 4.78 is 0. The molecular formula is C11H13ClN2S. The van der Waals surface area contributed by atoms with Crippen molar-refractivity contribution in [2.24, 2.45) is 4.99 Å². The van der Waals surface area contributed by atoms with Gasteiger partial charge in [-0.15, -0.1) is 0 Å². The summed E-state index contributed by atoms with van der Waals surface area (Å²) in [6.07, 6.45) is 1.17. The van der Waals surface area contributed by atoms with Gasteiger partial charge in [0.2, 0.25) is 0 Å². The molecule has 1 aromatic rings. The fourth-order valence-corrected chi connectivity index (χ4v) is 2.38. The monoisotopic (exact) mass is 240 g/mol. The maximum absolute atomic E-state index is 5.95. The van der Waals surface area contributed by atoms with Gasteiger partial charge in [0.15, 0.2) is 5.17 Å². The molecule has 0 aromatic heterocycles. The fourth-order valence-electron chi connectivity index (χ4n) is 1.38. The lowest BCUT2D eigenvalue weighted by Crippen LogP contribution is -2.14. The van der Waals surface area contributed by atoms with E-state index in [1.165, 1.54) is 12.0 Å². The van der Waals surface area contributed by atoms with E-state index in [1.54, 1.807) is 11.8 Å². The highest BCUT2D eigenvalue weighted by molar-refractivity contribution is 8.14. The topological polar surface area (TPSA) is 24.4 Å². The van der Waals surface area contributed by atoms with Crippen LogP contribution in [0, 0.1) is 6.92 Å². The van der Waals surface area contributed by atoms with Crippen LogP contribution in [0.1, 0.15) is 12.0 Å². The molecule has 0 saturated carbocycles. The first-order valence-corrected chi connectivity index (χ1v) is 6.32. The molecule has 2 rings (SSSR count). The van der Waals surface area contributed by atoms with E-state index in [4.69, 9.17) is 11.6 Å². The molecule has 0 unspecified atom stereocenters. The first-order valence-electron chi connectivity index (χ1n) is 4.96. The number of nitrogens with one attached hydrogen (secondary N) is 1. The quantitative estimate of drug-likeness (QED) is 0.812. The zero-order valence-electron chi connectivity index (χ0n) is 8.59. The molecule has 4 heteroatoms. The van der Waals surface area contributed by atoms with Crippen molar-refractivity contribution in [3.8, 4) is 0 Å². The number of benzene rings is 1. The maximum atomic E-state index is 5.95. The maximum Gasteiger partial charge on any atom is 0.161 e. The van der Waals surface area contributed by atoms with E-state index in [-0.39, 0.29) is 0 Å². The van der Waals surface area contributed by atoms with Crippen LogP contribution in [-0.4, -0.2) is 17.5 Å². The minimum Gasteiger partial charge on any atom is -0.335 e. The Hall–Kier alpha value is -0.670. The third-order valence-electron chi connectivity index (χ3n) is 2.24. The molecule has 0 aliphatic carbocycles. The molecule has 1 heterocycles. The van der Waals surface area contributed by atoms with E-state index in [2.05, 4.69) is 17.2 Å². The van der Waals surface area contributed by atoms with Gasteiger partial charge in [-0.05, 0) is 31.0 Å². The van der Waals surface area contributed by atoms with Crippen LogP contribution >= 0.6 is 23.4 Å². The number of aryl methyl sites for hydroxylation is 1. The smallest absolute Gasteiger partial charge is 0.161 e. The van der Waals surface area contributed by atoms with Crippen molar-refractivity contribution in [1.82, 2.24) is 0 Å². The first kappa shape index (κ1) is 10.8. The van der Waals surface area contributed by atoms with Gasteiger partial charge in [0, 0.05) is 23.0 Å². The number of anilines is 1. The number of hydrogen-bond donors (Lipinski definition) is 1. The molecule has 1 aromatic carbocycles. The largest absolute Gasteiger partial charge is 0.335 e. The number of thioether (sulfide) groups is 1. The fraction of sp³-hybridized carbons (Fsp3) is 0.364. The first-order chi connectivity index (χ1) is 7.25. The van der Waals surface area contributed by atoms with Gasteiger partial charge in [-0.2, -0.15) is 0 Å². The lowest BCUT2D eigenvalue weighted by molar-refractivity contribution is 0.938. The van der Waals surface area contributed by atoms with Crippen LogP contribution in [-0.2, 0) is 0 Å². The Bertz CT molecular complexity index is 390. The third-order valence-corrected chi connectivity index (χ3v) is 3.47. The molecule has 1 N–H and O–H groups in total. The Kier molecular flexibility index (Phi) is 3.54. The molecule has 0 saturated heterocycles. The minimum atomic E-state index is 0.754. The van der Waals surface area contributed by atoms with Gasteiger partial charge >= 0.3 is 0 Å². The van der Waals surface area contributed by atoms with Crippen molar-refractivity contribution in [2.45, 2.75) is 13.3 Å². The summed E-state index contributed by atoms with van der Waals surface area (Å²) in [5.41, 5.74) is 2.24. The standard InChI is InChI=1S/C11H13ClN2S/c1-8-3-4-9(12)7-10(8)14-11-13-5-2-6-15-11/h3-4,7H,2,5-6H2,1H3,(H,13,14). The molecule has 15 heavy (non-hydrogen) atoms. The van der Waals surface area contributed by atoms with Gasteiger partial charge in [0.05, 0.1) is 0 Å². The predicted octanol–water partition coefficient (Wildman–Crippen LogP) is 3.55. The van der Waals surface area contributed by atoms with Crippen LogP contribution in [0.25, 0.3) is 0 Å². The van der Waals surface area contributed by atoms with E-state index in [0.717, 1.165) is 28.2 Å². The second-order valence-electron chi connectivity index (χ2n) is 3.47. The molecular weight excluding hydrogens is 228 g/mol. The van der Waals surface area contributed by atoms with Crippen molar-refractivity contribution in [1.29, 1.82) is 0 Å². The van der Waals surface area contributed by atoms with Crippen LogP contribution in [0.4, 0.5) is 5.69 Å². The van der Waals surface area contributed by atoms with E-state index in [1.807, 2.05) is 18.2 Å². The van der Waals surface area contributed by atoms with Crippen molar-refractivity contribution in [3.63, 3.8) is 0 Å². The van der Waals surface area contributed by atoms with Gasteiger partial charge < -0.3 is 5.32 Å². The number of aliphatic imine (C=N–C) groups is 1. The normalized spacial score (nSPS) is 16.0. The summed E-state index contributed by atoms with van der Waals surface area (Å²) in [6.45, 7) is 2.99. The van der Waals surface area contributed by atoms with Crippen LogP contribution in [0.5, 0.6) is 0 Å². The van der Waals surface area contributed by atoms with Gasteiger partial charge in [-0.3, -0.25) is 4.99 Å². The SMILES string of the molecule is Cc1ccc(Cl)cc1NC1=NCCCS1. The molecule has 0 fully saturated rings. The third kappa shape index (κ3) is 2.89. The van der Waals surface area contributed by atoms with Crippen LogP contribution < -0.4 is 5.32 Å². The summed E-state index contributed by atoms with van der Waals surface area (Å²) in [4.78, 5) is 4.42. The number of amidine groups is 1. The average molecular weight is 241 g/mol. The number of hydrogen-bond acceptors (Lipinski definition) is 3. The van der Waals surface area contributed by atoms with Gasteiger partial charge in [0.1, 0.15) is 0 Å². The van der Waals surface area contributed by atoms with Gasteiger partial charge in [-0.25, -0.2) is 0 Å². The van der Waals surface area contributed by atoms with Gasteiger partial charge in [-0.1, -0.05) is 29.4 Å². The van der Waals surface area contributed by atoms with E-state index >= 15 is 0 Å². The summed E-state index contributed by atoms with van der Waals surface area (Å²) in [5.74, 6) is 1.14. The van der Waals surface area contributed by atoms with Crippen molar-refractivity contribution >= 4 is 34.2 Å². The highest BCUT2D eigenvalue weighted by atomic mass is 35.5. The van der Waals surface area contributed by atoms with Gasteiger partial charge in [0.25, 0.3) is 0 Å². The lowest BCUT2D eigenvalue weighted by Gasteiger charge is -2.14. The summed E-state index contributed by atoms with van der Waals surface area (Å²) in [7, 11) is 0. The Morgan fingerprint density at radius 2 is 2.33 bits per heavy atom. The molecule has 0 spiro atoms. The highest BCUT2D eigenvalue weighted by Gasteiger charge is 2.07. The number of nitrogens with zero attached hydrogens (tertiary/aromatic N) is 1. The second kappa shape index (κ2) is 4.90. The summed E-state index contributed by atoms with van der Waals surface area (Å²) in [6, 6.07) is 5.85. The zero-order chi connectivity index (χ0) is 10.7. The Balaban J connectivity index is 2.15. The molecule has 0 bridgehead atoms. The van der Waals surface area contributed by atoms with E-state index in [0.29, 0.717) is 0 Å². The second-order valence-corrected chi connectivity index (χ2v) is 4.99. The number of rotatable bonds is 1. The zero-order valence-corrected chi connectivity index (χ0v) is 10.2. The molecule has 0 atom stereocenters. The van der Waals surface area contributed by atoms with Crippen LogP contribution in [0.3, 0.4) is 0 Å². The molecule has 0 amide bonds. The highest BCUT2D eigenvalue weighted by Crippen LogP contribution is 2.22. The number of halogens is 1. The summed E-state index contributed by atoms with van der Waals surface area (Å²) in [5, 5.41) is 5.08. The minimum absolute atomic E-state index is 0.754. The Morgan fingerprint density at radius 3 is 3.07 bits per heavy atom. The predicted molar refractivity (Wildman–Crippen MR) is 69.2 cm³/mol. The van der Waals surface area contributed by atoms with E-state index < -0.39 is 0 Å². The van der Waals surface area contributed by atoms with Crippen LogP contribution in [0.15, 0.2) is 23.2 Å². The Morgan fingerprint density at radius 1 is 1.47 bits per heavy atom. The van der Waals surface area contributed by atoms with E-state index in [9.17, 15) is 0 Å². The van der Waals surface area contributed by atoms with Crippen molar-refractivity contribution < 1.29 is 0 Å². The van der Waals surface area contributed by atoms with Crippen LogP contribution in [0.2, 0.25) is 5.02 Å².